The number of benzene rings is 1. The quantitative estimate of drug-likeness (QED) is 0.802. The molecule has 0 saturated carbocycles. The first kappa shape index (κ1) is 14.4. The highest BCUT2D eigenvalue weighted by Crippen LogP contribution is 2.23. The molecule has 0 radical (unpaired) electrons. The third kappa shape index (κ3) is 3.07. The summed E-state index contributed by atoms with van der Waals surface area (Å²) < 4.78 is 0. The van der Waals surface area contributed by atoms with E-state index in [1.807, 2.05) is 12.3 Å². The molecule has 4 nitrogen and oxygen atoms in total. The Morgan fingerprint density at radius 3 is 2.86 bits per heavy atom. The highest BCUT2D eigenvalue weighted by molar-refractivity contribution is 5.81. The summed E-state index contributed by atoms with van der Waals surface area (Å²) in [6.45, 7) is 4.58. The molecule has 1 fully saturated rings. The molecule has 1 aromatic carbocycles. The van der Waals surface area contributed by atoms with Crippen molar-refractivity contribution < 1.29 is 5.11 Å². The molecule has 0 bridgehead atoms. The summed E-state index contributed by atoms with van der Waals surface area (Å²) in [6.07, 6.45) is 3.43. The molecular weight excluding hydrogens is 262 g/mol. The number of piperidine rings is 1. The van der Waals surface area contributed by atoms with Gasteiger partial charge in [0.15, 0.2) is 0 Å². The minimum atomic E-state index is -0.608. The van der Waals surface area contributed by atoms with Gasteiger partial charge in [0.1, 0.15) is 0 Å². The summed E-state index contributed by atoms with van der Waals surface area (Å²) >= 11 is 0. The first-order valence-electron chi connectivity index (χ1n) is 7.68. The van der Waals surface area contributed by atoms with Crippen molar-refractivity contribution in [3.05, 3.63) is 42.1 Å². The van der Waals surface area contributed by atoms with Gasteiger partial charge >= 0.3 is 0 Å². The van der Waals surface area contributed by atoms with Crippen molar-refractivity contribution in [2.45, 2.75) is 38.0 Å². The lowest BCUT2D eigenvalue weighted by Crippen LogP contribution is -2.54. The zero-order valence-electron chi connectivity index (χ0n) is 12.5. The maximum absolute atomic E-state index is 10.7. The summed E-state index contributed by atoms with van der Waals surface area (Å²) in [6, 6.07) is 10.3. The van der Waals surface area contributed by atoms with Crippen molar-refractivity contribution in [2.75, 3.05) is 13.1 Å². The van der Waals surface area contributed by atoms with Gasteiger partial charge in [0.2, 0.25) is 0 Å². The number of aromatic nitrogens is 1. The van der Waals surface area contributed by atoms with Crippen molar-refractivity contribution >= 4 is 10.9 Å². The predicted molar refractivity (Wildman–Crippen MR) is 85.1 cm³/mol. The van der Waals surface area contributed by atoms with Gasteiger partial charge in [-0.15, -0.1) is 0 Å². The Kier molecular flexibility index (Phi) is 4.19. The summed E-state index contributed by atoms with van der Waals surface area (Å²) in [7, 11) is 0. The van der Waals surface area contributed by atoms with Gasteiger partial charge in [-0.2, -0.15) is 0 Å². The number of para-hydroxylation sites is 1. The van der Waals surface area contributed by atoms with Gasteiger partial charge in [-0.25, -0.2) is 0 Å². The van der Waals surface area contributed by atoms with Crippen LogP contribution in [0.15, 0.2) is 36.5 Å². The highest BCUT2D eigenvalue weighted by atomic mass is 16.3. The van der Waals surface area contributed by atoms with Crippen LogP contribution in [-0.2, 0) is 6.54 Å². The Labute approximate surface area is 125 Å². The SMILES string of the molecule is CC(NCc1cccc2cccnc12)C1(O)CCNCC1. The van der Waals surface area contributed by atoms with Crippen molar-refractivity contribution in [3.8, 4) is 0 Å². The Morgan fingerprint density at radius 2 is 2.05 bits per heavy atom. The van der Waals surface area contributed by atoms with Gasteiger partial charge in [-0.1, -0.05) is 24.3 Å². The van der Waals surface area contributed by atoms with E-state index in [4.69, 9.17) is 0 Å². The molecule has 1 aromatic heterocycles. The monoisotopic (exact) mass is 285 g/mol. The molecule has 1 atom stereocenters. The van der Waals surface area contributed by atoms with Gasteiger partial charge in [-0.05, 0) is 44.5 Å². The number of rotatable bonds is 4. The molecule has 21 heavy (non-hydrogen) atoms. The van der Waals surface area contributed by atoms with Gasteiger partial charge in [0, 0.05) is 24.2 Å². The molecule has 112 valence electrons. The lowest BCUT2D eigenvalue weighted by atomic mass is 9.85. The average Bonchev–Trinajstić information content (AvgIpc) is 2.53. The van der Waals surface area contributed by atoms with E-state index in [0.29, 0.717) is 0 Å². The summed E-state index contributed by atoms with van der Waals surface area (Å²) in [5.74, 6) is 0. The van der Waals surface area contributed by atoms with Gasteiger partial charge in [-0.3, -0.25) is 4.98 Å². The van der Waals surface area contributed by atoms with Crippen molar-refractivity contribution in [1.29, 1.82) is 0 Å². The van der Waals surface area contributed by atoms with Crippen LogP contribution >= 0.6 is 0 Å². The van der Waals surface area contributed by atoms with Crippen LogP contribution in [0.1, 0.15) is 25.3 Å². The minimum absolute atomic E-state index is 0.0681. The molecule has 0 amide bonds. The zero-order chi connectivity index (χ0) is 14.7. The van der Waals surface area contributed by atoms with Crippen LogP contribution in [0, 0.1) is 0 Å². The van der Waals surface area contributed by atoms with E-state index < -0.39 is 5.60 Å². The number of fused-ring (bicyclic) bond motifs is 1. The molecule has 4 heteroatoms. The first-order valence-corrected chi connectivity index (χ1v) is 7.68. The third-order valence-electron chi connectivity index (χ3n) is 4.59. The van der Waals surface area contributed by atoms with E-state index in [1.54, 1.807) is 0 Å². The smallest absolute Gasteiger partial charge is 0.0821 e. The number of nitrogens with zero attached hydrogens (tertiary/aromatic N) is 1. The van der Waals surface area contributed by atoms with Crippen LogP contribution < -0.4 is 10.6 Å². The molecule has 1 aliphatic rings. The van der Waals surface area contributed by atoms with E-state index in [9.17, 15) is 5.11 Å². The van der Waals surface area contributed by atoms with E-state index in [-0.39, 0.29) is 6.04 Å². The number of hydrogen-bond donors (Lipinski definition) is 3. The maximum atomic E-state index is 10.7. The van der Waals surface area contributed by atoms with Crippen LogP contribution in [0.5, 0.6) is 0 Å². The second kappa shape index (κ2) is 6.10. The second-order valence-corrected chi connectivity index (χ2v) is 5.95. The molecule has 1 unspecified atom stereocenters. The van der Waals surface area contributed by atoms with Gasteiger partial charge < -0.3 is 15.7 Å². The number of hydrogen-bond acceptors (Lipinski definition) is 4. The molecule has 3 N–H and O–H groups in total. The maximum Gasteiger partial charge on any atom is 0.0821 e. The Morgan fingerprint density at radius 1 is 1.29 bits per heavy atom. The fraction of sp³-hybridized carbons (Fsp3) is 0.471. The van der Waals surface area contributed by atoms with Crippen LogP contribution in [0.2, 0.25) is 0 Å². The molecule has 0 aliphatic carbocycles. The van der Waals surface area contributed by atoms with E-state index in [1.165, 1.54) is 5.56 Å². The molecule has 1 saturated heterocycles. The lowest BCUT2D eigenvalue weighted by molar-refractivity contribution is -0.0197. The van der Waals surface area contributed by atoms with Crippen LogP contribution in [-0.4, -0.2) is 34.8 Å². The fourth-order valence-corrected chi connectivity index (χ4v) is 3.06. The predicted octanol–water partition coefficient (Wildman–Crippen LogP) is 1.83. The van der Waals surface area contributed by atoms with E-state index in [2.05, 4.69) is 46.8 Å². The summed E-state index contributed by atoms with van der Waals surface area (Å²) in [4.78, 5) is 4.48. The molecule has 1 aliphatic heterocycles. The molecule has 2 aromatic rings. The Balaban J connectivity index is 1.71. The van der Waals surface area contributed by atoms with E-state index in [0.717, 1.165) is 43.4 Å². The van der Waals surface area contributed by atoms with Crippen LogP contribution in [0.4, 0.5) is 0 Å². The fourth-order valence-electron chi connectivity index (χ4n) is 3.06. The topological polar surface area (TPSA) is 57.2 Å². The summed E-state index contributed by atoms with van der Waals surface area (Å²) in [5.41, 5.74) is 1.61. The van der Waals surface area contributed by atoms with E-state index >= 15 is 0 Å². The van der Waals surface area contributed by atoms with Crippen molar-refractivity contribution in [2.24, 2.45) is 0 Å². The summed E-state index contributed by atoms with van der Waals surface area (Å²) in [5, 5.41) is 18.6. The minimum Gasteiger partial charge on any atom is -0.388 e. The highest BCUT2D eigenvalue weighted by Gasteiger charge is 2.34. The third-order valence-corrected chi connectivity index (χ3v) is 4.59. The van der Waals surface area contributed by atoms with Crippen molar-refractivity contribution in [3.63, 3.8) is 0 Å². The molecule has 3 rings (SSSR count). The van der Waals surface area contributed by atoms with Gasteiger partial charge in [0.25, 0.3) is 0 Å². The number of pyridine rings is 1. The van der Waals surface area contributed by atoms with Crippen LogP contribution in [0.25, 0.3) is 10.9 Å². The number of nitrogens with one attached hydrogen (secondary N) is 2. The first-order chi connectivity index (χ1) is 10.2. The van der Waals surface area contributed by atoms with Crippen molar-refractivity contribution in [1.82, 2.24) is 15.6 Å². The molecule has 0 spiro atoms. The standard InChI is InChI=1S/C17H23N3O/c1-13(17(21)7-10-18-11-8-17)20-12-15-5-2-4-14-6-3-9-19-16(14)15/h2-6,9,13,18,20-21H,7-8,10-12H2,1H3. The van der Waals surface area contributed by atoms with Gasteiger partial charge in [0.05, 0.1) is 11.1 Å². The molecule has 2 heterocycles. The Hall–Kier alpha value is -1.49. The largest absolute Gasteiger partial charge is 0.388 e. The Bertz CT molecular complexity index is 603. The molecular formula is C17H23N3O. The lowest BCUT2D eigenvalue weighted by Gasteiger charge is -2.38. The zero-order valence-corrected chi connectivity index (χ0v) is 12.5. The second-order valence-electron chi connectivity index (χ2n) is 5.95. The van der Waals surface area contributed by atoms with Crippen LogP contribution in [0.3, 0.4) is 0 Å². The average molecular weight is 285 g/mol. The normalized spacial score (nSPS) is 19.5. The number of aliphatic hydroxyl groups is 1.